The average Bonchev–Trinajstić information content (AvgIpc) is 2.90. The lowest BCUT2D eigenvalue weighted by atomic mass is 9.99. The van der Waals surface area contributed by atoms with Gasteiger partial charge in [0.25, 0.3) is 5.91 Å². The monoisotopic (exact) mass is 300 g/mol. The van der Waals surface area contributed by atoms with Crippen molar-refractivity contribution in [3.05, 3.63) is 29.8 Å². The summed E-state index contributed by atoms with van der Waals surface area (Å²) < 4.78 is 44.0. The smallest absolute Gasteiger partial charge is 0.362 e. The van der Waals surface area contributed by atoms with Crippen LogP contribution in [-0.2, 0) is 15.7 Å². The van der Waals surface area contributed by atoms with Crippen molar-refractivity contribution in [1.82, 2.24) is 5.32 Å². The molecule has 1 spiro atoms. The van der Waals surface area contributed by atoms with Crippen LogP contribution in [0.15, 0.2) is 24.3 Å². The van der Waals surface area contributed by atoms with Gasteiger partial charge >= 0.3 is 6.18 Å². The van der Waals surface area contributed by atoms with E-state index in [1.807, 2.05) is 0 Å². The van der Waals surface area contributed by atoms with E-state index in [9.17, 15) is 18.0 Å². The van der Waals surface area contributed by atoms with E-state index in [1.165, 1.54) is 17.0 Å². The first kappa shape index (κ1) is 14.3. The molecule has 1 aromatic carbocycles. The lowest BCUT2D eigenvalue weighted by Crippen LogP contribution is -2.56. The molecule has 2 aliphatic heterocycles. The molecule has 2 fully saturated rings. The van der Waals surface area contributed by atoms with E-state index in [2.05, 4.69) is 5.32 Å². The Labute approximate surface area is 119 Å². The predicted octanol–water partition coefficient (Wildman–Crippen LogP) is 1.80. The first-order chi connectivity index (χ1) is 9.90. The Morgan fingerprint density at radius 2 is 2.14 bits per heavy atom. The van der Waals surface area contributed by atoms with Gasteiger partial charge in [-0.1, -0.05) is 6.07 Å². The van der Waals surface area contributed by atoms with Crippen LogP contribution in [0.2, 0.25) is 0 Å². The van der Waals surface area contributed by atoms with Crippen molar-refractivity contribution in [1.29, 1.82) is 0 Å². The van der Waals surface area contributed by atoms with Gasteiger partial charge in [0.15, 0.2) is 0 Å². The van der Waals surface area contributed by atoms with Gasteiger partial charge in [-0.3, -0.25) is 4.79 Å². The van der Waals surface area contributed by atoms with Crippen LogP contribution in [0.3, 0.4) is 0 Å². The third-order valence-corrected chi connectivity index (χ3v) is 3.94. The normalized spacial score (nSPS) is 26.6. The van der Waals surface area contributed by atoms with Gasteiger partial charge in [0.1, 0.15) is 12.2 Å². The number of nitrogens with zero attached hydrogens (tertiary/aromatic N) is 1. The van der Waals surface area contributed by atoms with Crippen LogP contribution < -0.4 is 10.2 Å². The van der Waals surface area contributed by atoms with Gasteiger partial charge in [0.2, 0.25) is 0 Å². The Hall–Kier alpha value is -1.60. The van der Waals surface area contributed by atoms with Crippen molar-refractivity contribution in [2.45, 2.75) is 18.2 Å². The molecule has 1 unspecified atom stereocenters. The molecule has 1 amide bonds. The van der Waals surface area contributed by atoms with Gasteiger partial charge in [-0.2, -0.15) is 13.2 Å². The molecule has 114 valence electrons. The van der Waals surface area contributed by atoms with Crippen LogP contribution in [0.1, 0.15) is 12.0 Å². The molecule has 1 aromatic rings. The average molecular weight is 300 g/mol. The highest BCUT2D eigenvalue weighted by molar-refractivity contribution is 5.95. The standard InChI is InChI=1S/C14H15F3N2O2/c15-14(16,17)10-2-1-3-11(6-10)19-9-13(4-5-18-8-13)21-7-12(19)20/h1-3,6,18H,4-5,7-9H2. The molecule has 1 atom stereocenters. The van der Waals surface area contributed by atoms with Crippen molar-refractivity contribution < 1.29 is 22.7 Å². The van der Waals surface area contributed by atoms with Gasteiger partial charge < -0.3 is 15.0 Å². The minimum Gasteiger partial charge on any atom is -0.362 e. The molecule has 0 saturated carbocycles. The van der Waals surface area contributed by atoms with Crippen molar-refractivity contribution in [3.63, 3.8) is 0 Å². The number of rotatable bonds is 1. The van der Waals surface area contributed by atoms with Gasteiger partial charge in [0.05, 0.1) is 12.1 Å². The number of carbonyl (C=O) groups excluding carboxylic acids is 1. The van der Waals surface area contributed by atoms with Crippen LogP contribution in [0, 0.1) is 0 Å². The number of alkyl halides is 3. The van der Waals surface area contributed by atoms with E-state index in [0.29, 0.717) is 6.54 Å². The van der Waals surface area contributed by atoms with Crippen molar-refractivity contribution in [2.24, 2.45) is 0 Å². The van der Waals surface area contributed by atoms with Crippen molar-refractivity contribution in [3.8, 4) is 0 Å². The zero-order valence-electron chi connectivity index (χ0n) is 11.2. The van der Waals surface area contributed by atoms with Crippen LogP contribution in [0.25, 0.3) is 0 Å². The number of anilines is 1. The van der Waals surface area contributed by atoms with E-state index in [4.69, 9.17) is 4.74 Å². The van der Waals surface area contributed by atoms with Gasteiger partial charge in [-0.05, 0) is 31.2 Å². The van der Waals surface area contributed by atoms with Crippen LogP contribution in [0.5, 0.6) is 0 Å². The second kappa shape index (κ2) is 4.99. The summed E-state index contributed by atoms with van der Waals surface area (Å²) in [5, 5.41) is 3.16. The molecule has 0 aliphatic carbocycles. The molecule has 1 N–H and O–H groups in total. The van der Waals surface area contributed by atoms with Crippen LogP contribution in [0.4, 0.5) is 18.9 Å². The summed E-state index contributed by atoms with van der Waals surface area (Å²) in [6, 6.07) is 4.86. The number of hydrogen-bond acceptors (Lipinski definition) is 3. The Kier molecular flexibility index (Phi) is 3.41. The largest absolute Gasteiger partial charge is 0.416 e. The molecule has 0 radical (unpaired) electrons. The quantitative estimate of drug-likeness (QED) is 0.860. The highest BCUT2D eigenvalue weighted by Crippen LogP contribution is 2.34. The Morgan fingerprint density at radius 1 is 1.33 bits per heavy atom. The number of halogens is 3. The van der Waals surface area contributed by atoms with E-state index in [0.717, 1.165) is 25.1 Å². The molecular weight excluding hydrogens is 285 g/mol. The second-order valence-corrected chi connectivity index (χ2v) is 5.43. The SMILES string of the molecule is O=C1COC2(CCNC2)CN1c1cccc(C(F)(F)F)c1. The minimum atomic E-state index is -4.42. The number of nitrogens with one attached hydrogen (secondary N) is 1. The summed E-state index contributed by atoms with van der Waals surface area (Å²) in [4.78, 5) is 13.4. The van der Waals surface area contributed by atoms with E-state index < -0.39 is 17.3 Å². The summed E-state index contributed by atoms with van der Waals surface area (Å²) in [7, 11) is 0. The summed E-state index contributed by atoms with van der Waals surface area (Å²) >= 11 is 0. The molecule has 21 heavy (non-hydrogen) atoms. The van der Waals surface area contributed by atoms with E-state index >= 15 is 0 Å². The first-order valence-corrected chi connectivity index (χ1v) is 6.72. The summed E-state index contributed by atoms with van der Waals surface area (Å²) in [6.45, 7) is 1.57. The maximum atomic E-state index is 12.8. The first-order valence-electron chi connectivity index (χ1n) is 6.72. The van der Waals surface area contributed by atoms with Crippen LogP contribution in [-0.4, -0.2) is 37.7 Å². The lowest BCUT2D eigenvalue weighted by molar-refractivity contribution is -0.138. The third-order valence-electron chi connectivity index (χ3n) is 3.94. The van der Waals surface area contributed by atoms with Crippen LogP contribution >= 0.6 is 0 Å². The number of carbonyl (C=O) groups is 1. The van der Waals surface area contributed by atoms with Crippen molar-refractivity contribution in [2.75, 3.05) is 31.1 Å². The highest BCUT2D eigenvalue weighted by Gasteiger charge is 2.43. The maximum Gasteiger partial charge on any atom is 0.416 e. The molecule has 2 aliphatic rings. The van der Waals surface area contributed by atoms with E-state index in [-0.39, 0.29) is 24.7 Å². The summed E-state index contributed by atoms with van der Waals surface area (Å²) in [6.07, 6.45) is -3.67. The molecule has 0 aromatic heterocycles. The molecule has 2 saturated heterocycles. The van der Waals surface area contributed by atoms with Gasteiger partial charge in [0, 0.05) is 12.2 Å². The zero-order chi connectivity index (χ0) is 15.1. The maximum absolute atomic E-state index is 12.8. The number of amides is 1. The number of morpholine rings is 1. The number of benzene rings is 1. The number of hydrogen-bond donors (Lipinski definition) is 1. The topological polar surface area (TPSA) is 41.6 Å². The van der Waals surface area contributed by atoms with E-state index in [1.54, 1.807) is 0 Å². The molecular formula is C14H15F3N2O2. The molecule has 0 bridgehead atoms. The predicted molar refractivity (Wildman–Crippen MR) is 70.0 cm³/mol. The van der Waals surface area contributed by atoms with Gasteiger partial charge in [-0.25, -0.2) is 0 Å². The third kappa shape index (κ3) is 2.75. The fourth-order valence-corrected chi connectivity index (χ4v) is 2.78. The molecule has 7 heteroatoms. The number of ether oxygens (including phenoxy) is 1. The molecule has 4 nitrogen and oxygen atoms in total. The Balaban J connectivity index is 1.89. The zero-order valence-corrected chi connectivity index (χ0v) is 11.2. The van der Waals surface area contributed by atoms with Crippen molar-refractivity contribution >= 4 is 11.6 Å². The van der Waals surface area contributed by atoms with Gasteiger partial charge in [-0.15, -0.1) is 0 Å². The lowest BCUT2D eigenvalue weighted by Gasteiger charge is -2.39. The summed E-state index contributed by atoms with van der Waals surface area (Å²) in [5.74, 6) is -0.313. The molecule has 2 heterocycles. The second-order valence-electron chi connectivity index (χ2n) is 5.43. The fraction of sp³-hybridized carbons (Fsp3) is 0.500. The highest BCUT2D eigenvalue weighted by atomic mass is 19.4. The Bertz CT molecular complexity index is 553. The molecule has 3 rings (SSSR count). The fourth-order valence-electron chi connectivity index (χ4n) is 2.78. The summed E-state index contributed by atoms with van der Waals surface area (Å²) in [5.41, 5.74) is -0.968. The minimum absolute atomic E-state index is 0.0993. The Morgan fingerprint density at radius 3 is 2.81 bits per heavy atom.